The van der Waals surface area contributed by atoms with Crippen molar-refractivity contribution in [2.45, 2.75) is 52.9 Å². The van der Waals surface area contributed by atoms with Crippen molar-refractivity contribution >= 4 is 11.8 Å². The maximum atomic E-state index is 12.9. The Hall–Kier alpha value is -2.74. The summed E-state index contributed by atoms with van der Waals surface area (Å²) in [6, 6.07) is 3.71. The summed E-state index contributed by atoms with van der Waals surface area (Å²) in [6.07, 6.45) is 2.47. The van der Waals surface area contributed by atoms with Crippen molar-refractivity contribution in [1.29, 1.82) is 0 Å². The number of carbonyl (C=O) groups excluding carboxylic acids is 2. The summed E-state index contributed by atoms with van der Waals surface area (Å²) >= 11 is 0. The largest absolute Gasteiger partial charge is 0.380 e. The molecule has 2 amide bonds. The minimum absolute atomic E-state index is 0.0445. The van der Waals surface area contributed by atoms with Gasteiger partial charge in [0.25, 0.3) is 11.8 Å². The second-order valence-corrected chi connectivity index (χ2v) is 8.02. The Kier molecular flexibility index (Phi) is 7.79. The summed E-state index contributed by atoms with van der Waals surface area (Å²) < 4.78 is 10.6. The first-order valence-corrected chi connectivity index (χ1v) is 11.0. The minimum atomic E-state index is -0.128. The van der Waals surface area contributed by atoms with E-state index >= 15 is 0 Å². The summed E-state index contributed by atoms with van der Waals surface area (Å²) in [5.41, 5.74) is 3.48. The topological polar surface area (TPSA) is 97.6 Å². The fourth-order valence-electron chi connectivity index (χ4n) is 3.96. The van der Waals surface area contributed by atoms with Crippen LogP contribution in [-0.4, -0.2) is 59.7 Å². The summed E-state index contributed by atoms with van der Waals surface area (Å²) in [7, 11) is 0. The molecule has 0 aromatic carbocycles. The molecule has 1 aliphatic heterocycles. The molecule has 0 unspecified atom stereocenters. The number of hydrogen-bond acceptors (Lipinski definition) is 6. The van der Waals surface area contributed by atoms with Crippen LogP contribution in [0.3, 0.4) is 0 Å². The van der Waals surface area contributed by atoms with Crippen molar-refractivity contribution in [3.05, 3.63) is 46.1 Å². The number of likely N-dealkylation sites (tertiary alicyclic amines) is 1. The van der Waals surface area contributed by atoms with Crippen LogP contribution in [0, 0.1) is 20.8 Å². The zero-order valence-corrected chi connectivity index (χ0v) is 18.9. The number of nitrogens with zero attached hydrogens (tertiary/aromatic N) is 3. The van der Waals surface area contributed by atoms with Gasteiger partial charge in [-0.05, 0) is 52.2 Å². The molecule has 8 heteroatoms. The molecule has 31 heavy (non-hydrogen) atoms. The summed E-state index contributed by atoms with van der Waals surface area (Å²) in [6.45, 7) is 10.4. The highest BCUT2D eigenvalue weighted by atomic mass is 16.5. The third-order valence-corrected chi connectivity index (χ3v) is 5.61. The van der Waals surface area contributed by atoms with Crippen LogP contribution in [0.5, 0.6) is 0 Å². The van der Waals surface area contributed by atoms with Crippen LogP contribution in [-0.2, 0) is 4.74 Å². The molecule has 1 aliphatic rings. The molecule has 1 fully saturated rings. The summed E-state index contributed by atoms with van der Waals surface area (Å²) in [5, 5.41) is 6.82. The Morgan fingerprint density at radius 1 is 1.19 bits per heavy atom. The van der Waals surface area contributed by atoms with Gasteiger partial charge >= 0.3 is 0 Å². The molecule has 0 bridgehead atoms. The number of hydrogen-bond donors (Lipinski definition) is 1. The Morgan fingerprint density at radius 2 is 1.94 bits per heavy atom. The number of amides is 2. The maximum Gasteiger partial charge on any atom is 0.259 e. The lowest BCUT2D eigenvalue weighted by Gasteiger charge is -2.32. The normalized spacial score (nSPS) is 14.6. The van der Waals surface area contributed by atoms with Crippen LogP contribution in [0.1, 0.15) is 75.7 Å². The van der Waals surface area contributed by atoms with Crippen molar-refractivity contribution in [2.75, 3.05) is 32.8 Å². The molecule has 8 nitrogen and oxygen atoms in total. The molecule has 1 saturated heterocycles. The van der Waals surface area contributed by atoms with Crippen molar-refractivity contribution in [2.24, 2.45) is 0 Å². The highest BCUT2D eigenvalue weighted by Gasteiger charge is 2.30. The van der Waals surface area contributed by atoms with E-state index in [1.54, 1.807) is 13.8 Å². The lowest BCUT2D eigenvalue weighted by atomic mass is 9.89. The highest BCUT2D eigenvalue weighted by Crippen LogP contribution is 2.30. The van der Waals surface area contributed by atoms with Crippen LogP contribution in [0.25, 0.3) is 0 Å². The molecular formula is C23H32N4O4. The number of nitrogens with one attached hydrogen (secondary N) is 1. The monoisotopic (exact) mass is 428 g/mol. The number of ether oxygens (including phenoxy) is 1. The highest BCUT2D eigenvalue weighted by molar-refractivity contribution is 5.96. The van der Waals surface area contributed by atoms with E-state index in [1.165, 1.54) is 0 Å². The molecular weight excluding hydrogens is 396 g/mol. The van der Waals surface area contributed by atoms with Gasteiger partial charge in [-0.15, -0.1) is 0 Å². The summed E-state index contributed by atoms with van der Waals surface area (Å²) in [4.78, 5) is 32.2. The average Bonchev–Trinajstić information content (AvgIpc) is 3.11. The van der Waals surface area contributed by atoms with Gasteiger partial charge in [-0.1, -0.05) is 12.1 Å². The first kappa shape index (κ1) is 22.9. The van der Waals surface area contributed by atoms with E-state index in [4.69, 9.17) is 14.2 Å². The van der Waals surface area contributed by atoms with Gasteiger partial charge in [-0.2, -0.15) is 0 Å². The molecule has 1 N–H and O–H groups in total. The number of aromatic nitrogens is 2. The number of piperidine rings is 1. The van der Waals surface area contributed by atoms with Crippen molar-refractivity contribution in [3.8, 4) is 0 Å². The second kappa shape index (κ2) is 10.5. The van der Waals surface area contributed by atoms with Gasteiger partial charge < -0.3 is 19.5 Å². The van der Waals surface area contributed by atoms with Gasteiger partial charge in [0.2, 0.25) is 0 Å². The van der Waals surface area contributed by atoms with E-state index in [0.29, 0.717) is 55.4 Å². The number of aryl methyl sites for hydroxylation is 3. The zero-order valence-electron chi connectivity index (χ0n) is 18.9. The van der Waals surface area contributed by atoms with Gasteiger partial charge in [-0.3, -0.25) is 14.6 Å². The standard InChI is InChI=1S/C23H32N4O4/c1-5-13-30-14-10-24-22(28)19-7-6-15(2)25-21(19)18-8-11-27(12-9-18)23(29)20-16(3)26-31-17(20)4/h6-7,18H,5,8-14H2,1-4H3,(H,24,28). The molecule has 0 atom stereocenters. The van der Waals surface area contributed by atoms with Gasteiger partial charge in [0, 0.05) is 37.9 Å². The average molecular weight is 429 g/mol. The van der Waals surface area contributed by atoms with E-state index in [0.717, 1.165) is 30.7 Å². The number of pyridine rings is 1. The van der Waals surface area contributed by atoms with E-state index in [9.17, 15) is 9.59 Å². The first-order valence-electron chi connectivity index (χ1n) is 11.0. The van der Waals surface area contributed by atoms with Crippen LogP contribution in [0.2, 0.25) is 0 Å². The molecule has 0 saturated carbocycles. The molecule has 2 aromatic rings. The van der Waals surface area contributed by atoms with E-state index in [2.05, 4.69) is 17.4 Å². The van der Waals surface area contributed by atoms with E-state index < -0.39 is 0 Å². The number of carbonyl (C=O) groups is 2. The smallest absolute Gasteiger partial charge is 0.259 e. The van der Waals surface area contributed by atoms with E-state index in [-0.39, 0.29) is 17.7 Å². The van der Waals surface area contributed by atoms with E-state index in [1.807, 2.05) is 24.0 Å². The van der Waals surface area contributed by atoms with Crippen LogP contribution >= 0.6 is 0 Å². The number of rotatable bonds is 8. The van der Waals surface area contributed by atoms with Gasteiger partial charge in [-0.25, -0.2) is 0 Å². The van der Waals surface area contributed by atoms with Gasteiger partial charge in [0.1, 0.15) is 11.3 Å². The summed E-state index contributed by atoms with van der Waals surface area (Å²) in [5.74, 6) is 0.506. The predicted molar refractivity (Wildman–Crippen MR) is 116 cm³/mol. The van der Waals surface area contributed by atoms with Crippen molar-refractivity contribution < 1.29 is 18.8 Å². The third kappa shape index (κ3) is 5.50. The maximum absolute atomic E-state index is 12.9. The Labute approximate surface area is 183 Å². The van der Waals surface area contributed by atoms with Crippen LogP contribution in [0.4, 0.5) is 0 Å². The lowest BCUT2D eigenvalue weighted by Crippen LogP contribution is -2.39. The molecule has 3 heterocycles. The zero-order chi connectivity index (χ0) is 22.4. The fraction of sp³-hybridized carbons (Fsp3) is 0.565. The molecule has 2 aromatic heterocycles. The van der Waals surface area contributed by atoms with Crippen molar-refractivity contribution in [1.82, 2.24) is 20.4 Å². The SMILES string of the molecule is CCCOCCNC(=O)c1ccc(C)nc1C1CCN(C(=O)c2c(C)noc2C)CC1. The molecule has 3 rings (SSSR count). The predicted octanol–water partition coefficient (Wildman–Crippen LogP) is 3.17. The van der Waals surface area contributed by atoms with Gasteiger partial charge in [0.05, 0.1) is 23.6 Å². The van der Waals surface area contributed by atoms with Gasteiger partial charge in [0.15, 0.2) is 0 Å². The molecule has 168 valence electrons. The first-order chi connectivity index (χ1) is 14.9. The molecule has 0 spiro atoms. The Bertz CT molecular complexity index is 897. The van der Waals surface area contributed by atoms with Crippen molar-refractivity contribution in [3.63, 3.8) is 0 Å². The lowest BCUT2D eigenvalue weighted by molar-refractivity contribution is 0.0708. The molecule has 0 radical (unpaired) electrons. The minimum Gasteiger partial charge on any atom is -0.380 e. The molecule has 0 aliphatic carbocycles. The van der Waals surface area contributed by atoms with Crippen LogP contribution < -0.4 is 5.32 Å². The fourth-order valence-corrected chi connectivity index (χ4v) is 3.96. The Morgan fingerprint density at radius 3 is 2.58 bits per heavy atom. The third-order valence-electron chi connectivity index (χ3n) is 5.61. The second-order valence-electron chi connectivity index (χ2n) is 8.02. The Balaban J connectivity index is 1.65. The quantitative estimate of drug-likeness (QED) is 0.649. The van der Waals surface area contributed by atoms with Crippen LogP contribution in [0.15, 0.2) is 16.7 Å².